The fourth-order valence-electron chi connectivity index (χ4n) is 1.03. The van der Waals surface area contributed by atoms with E-state index < -0.39 is 5.97 Å². The molecule has 72 valence electrons. The van der Waals surface area contributed by atoms with Gasteiger partial charge in [0.2, 0.25) is 0 Å². The summed E-state index contributed by atoms with van der Waals surface area (Å²) in [6.45, 7) is 0. The molecule has 2 rings (SSSR count). The predicted octanol–water partition coefficient (Wildman–Crippen LogP) is -1.86. The summed E-state index contributed by atoms with van der Waals surface area (Å²) >= 11 is 2.70. The van der Waals surface area contributed by atoms with Gasteiger partial charge < -0.3 is 9.90 Å². The van der Waals surface area contributed by atoms with Crippen molar-refractivity contribution in [2.24, 2.45) is 0 Å². The maximum Gasteiger partial charge on any atom is 1.00 e. The number of carboxylic acids is 1. The van der Waals surface area contributed by atoms with Gasteiger partial charge in [-0.2, -0.15) is 0 Å². The molecule has 1 heterocycles. The zero-order valence-electron chi connectivity index (χ0n) is 8.10. The zero-order valence-corrected chi connectivity index (χ0v) is 12.9. The minimum absolute atomic E-state index is 0. The first-order valence-electron chi connectivity index (χ1n) is 3.94. The summed E-state index contributed by atoms with van der Waals surface area (Å²) in [5.74, 6) is -1.10. The van der Waals surface area contributed by atoms with Crippen molar-refractivity contribution in [1.29, 1.82) is 0 Å². The molecule has 0 bridgehead atoms. The van der Waals surface area contributed by atoms with Gasteiger partial charge in [0.15, 0.2) is 4.34 Å². The molecule has 1 aromatic heterocycles. The molecule has 0 unspecified atom stereocenters. The molecule has 0 aliphatic carbocycles. The largest absolute Gasteiger partial charge is 1.00 e. The number of rotatable bonds is 3. The standard InChI is InChI=1S/C9H7NO2S2.K/c11-8(12)5-13-9-10-6-3-1-2-4-7(6)14-9;/h1-4H,5H2,(H,11,12);/q;+1/p-1. The SMILES string of the molecule is O=C([O-])CSc1nc2ccccc2s1.[K+]. The van der Waals surface area contributed by atoms with Crippen LogP contribution in [0.2, 0.25) is 0 Å². The smallest absolute Gasteiger partial charge is 0.549 e. The van der Waals surface area contributed by atoms with Crippen LogP contribution in [-0.4, -0.2) is 16.7 Å². The molecule has 0 radical (unpaired) electrons. The molecule has 0 spiro atoms. The van der Waals surface area contributed by atoms with E-state index in [9.17, 15) is 9.90 Å². The van der Waals surface area contributed by atoms with Crippen molar-refractivity contribution < 1.29 is 61.3 Å². The molecule has 0 aliphatic heterocycles. The van der Waals surface area contributed by atoms with Crippen molar-refractivity contribution in [3.05, 3.63) is 24.3 Å². The van der Waals surface area contributed by atoms with Crippen LogP contribution in [0.5, 0.6) is 0 Å². The molecule has 6 heteroatoms. The maximum atomic E-state index is 10.2. The van der Waals surface area contributed by atoms with E-state index in [2.05, 4.69) is 4.98 Å². The van der Waals surface area contributed by atoms with Gasteiger partial charge in [-0.1, -0.05) is 23.9 Å². The summed E-state index contributed by atoms with van der Waals surface area (Å²) in [7, 11) is 0. The molecule has 2 aromatic rings. The molecule has 0 amide bonds. The summed E-state index contributed by atoms with van der Waals surface area (Å²) in [6.07, 6.45) is 0. The van der Waals surface area contributed by atoms with E-state index in [0.29, 0.717) is 0 Å². The summed E-state index contributed by atoms with van der Waals surface area (Å²) < 4.78 is 1.85. The predicted molar refractivity (Wildman–Crippen MR) is 55.4 cm³/mol. The molecule has 0 saturated carbocycles. The number of thiazole rings is 1. The molecule has 0 saturated heterocycles. The number of benzene rings is 1. The molecule has 0 fully saturated rings. The van der Waals surface area contributed by atoms with Crippen molar-refractivity contribution in [1.82, 2.24) is 4.98 Å². The Kier molecular flexibility index (Phi) is 5.76. The number of nitrogens with zero attached hydrogens (tertiary/aromatic N) is 1. The van der Waals surface area contributed by atoms with E-state index in [4.69, 9.17) is 0 Å². The number of carbonyl (C=O) groups is 1. The molecule has 3 nitrogen and oxygen atoms in total. The first kappa shape index (κ1) is 13.6. The van der Waals surface area contributed by atoms with Crippen LogP contribution in [-0.2, 0) is 4.79 Å². The fraction of sp³-hybridized carbons (Fsp3) is 0.111. The van der Waals surface area contributed by atoms with E-state index >= 15 is 0 Å². The topological polar surface area (TPSA) is 53.0 Å². The van der Waals surface area contributed by atoms with Crippen molar-refractivity contribution in [2.45, 2.75) is 4.34 Å². The first-order valence-corrected chi connectivity index (χ1v) is 5.74. The van der Waals surface area contributed by atoms with E-state index in [1.165, 1.54) is 23.1 Å². The van der Waals surface area contributed by atoms with Gasteiger partial charge in [0.1, 0.15) is 0 Å². The molecule has 0 N–H and O–H groups in total. The van der Waals surface area contributed by atoms with Gasteiger partial charge in [0.05, 0.1) is 16.2 Å². The van der Waals surface area contributed by atoms with Crippen molar-refractivity contribution in [3.8, 4) is 0 Å². The van der Waals surface area contributed by atoms with Crippen LogP contribution < -0.4 is 56.5 Å². The van der Waals surface area contributed by atoms with Crippen LogP contribution in [0.3, 0.4) is 0 Å². The summed E-state index contributed by atoms with van der Waals surface area (Å²) in [5, 5.41) is 10.2. The molecular weight excluding hydrogens is 257 g/mol. The average molecular weight is 263 g/mol. The van der Waals surface area contributed by atoms with Crippen LogP contribution in [0.4, 0.5) is 0 Å². The van der Waals surface area contributed by atoms with E-state index in [-0.39, 0.29) is 57.1 Å². The van der Waals surface area contributed by atoms with Gasteiger partial charge in [-0.05, 0) is 12.1 Å². The van der Waals surface area contributed by atoms with Gasteiger partial charge in [-0.15, -0.1) is 11.3 Å². The number of hydrogen-bond acceptors (Lipinski definition) is 5. The second-order valence-electron chi connectivity index (χ2n) is 2.61. The van der Waals surface area contributed by atoms with E-state index in [0.717, 1.165) is 14.6 Å². The van der Waals surface area contributed by atoms with Gasteiger partial charge in [0, 0.05) is 5.75 Å². The Morgan fingerprint density at radius 3 is 2.87 bits per heavy atom. The van der Waals surface area contributed by atoms with E-state index in [1.54, 1.807) is 0 Å². The van der Waals surface area contributed by atoms with Crippen LogP contribution in [0.15, 0.2) is 28.6 Å². The van der Waals surface area contributed by atoms with Crippen LogP contribution in [0.1, 0.15) is 0 Å². The fourth-order valence-corrected chi connectivity index (χ4v) is 2.82. The van der Waals surface area contributed by atoms with Crippen LogP contribution >= 0.6 is 23.1 Å². The minimum Gasteiger partial charge on any atom is -0.549 e. The second kappa shape index (κ2) is 6.34. The first-order chi connectivity index (χ1) is 6.75. The van der Waals surface area contributed by atoms with Crippen LogP contribution in [0.25, 0.3) is 10.2 Å². The van der Waals surface area contributed by atoms with Gasteiger partial charge in [-0.3, -0.25) is 0 Å². The normalized spacial score (nSPS) is 9.87. The summed E-state index contributed by atoms with van der Waals surface area (Å²) in [5.41, 5.74) is 0.915. The molecule has 0 aliphatic rings. The monoisotopic (exact) mass is 263 g/mol. The van der Waals surface area contributed by atoms with Crippen molar-refractivity contribution >= 4 is 39.3 Å². The minimum atomic E-state index is -1.06. The number of para-hydroxylation sites is 1. The summed E-state index contributed by atoms with van der Waals surface area (Å²) in [4.78, 5) is 14.5. The number of thioether (sulfide) groups is 1. The quantitative estimate of drug-likeness (QED) is 0.481. The third-order valence-corrected chi connectivity index (χ3v) is 3.74. The third-order valence-electron chi connectivity index (χ3n) is 1.59. The number of fused-ring (bicyclic) bond motifs is 1. The average Bonchev–Trinajstić information content (AvgIpc) is 2.57. The molecule has 15 heavy (non-hydrogen) atoms. The van der Waals surface area contributed by atoms with Crippen LogP contribution in [0, 0.1) is 0 Å². The Morgan fingerprint density at radius 2 is 2.20 bits per heavy atom. The number of carbonyl (C=O) groups excluding carboxylic acids is 1. The Labute approximate surface area is 138 Å². The Hall–Kier alpha value is 0.566. The van der Waals surface area contributed by atoms with Gasteiger partial charge >= 0.3 is 51.4 Å². The second-order valence-corrected chi connectivity index (χ2v) is 4.86. The molecule has 0 atom stereocenters. The molecular formula is C9H6KNO2S2. The molecule has 1 aromatic carbocycles. The Bertz CT molecular complexity index is 439. The number of hydrogen-bond donors (Lipinski definition) is 0. The van der Waals surface area contributed by atoms with Gasteiger partial charge in [-0.25, -0.2) is 4.98 Å². The Morgan fingerprint density at radius 1 is 1.47 bits per heavy atom. The Balaban J connectivity index is 0.00000112. The van der Waals surface area contributed by atoms with Gasteiger partial charge in [0.25, 0.3) is 0 Å². The number of aliphatic carboxylic acids is 1. The zero-order chi connectivity index (χ0) is 9.97. The third kappa shape index (κ3) is 3.81. The van der Waals surface area contributed by atoms with Crippen molar-refractivity contribution in [2.75, 3.05) is 5.75 Å². The van der Waals surface area contributed by atoms with Crippen molar-refractivity contribution in [3.63, 3.8) is 0 Å². The van der Waals surface area contributed by atoms with E-state index in [1.807, 2.05) is 24.3 Å². The number of aromatic nitrogens is 1. The number of carboxylic acid groups (broad SMARTS) is 1. The maximum absolute atomic E-state index is 10.2. The summed E-state index contributed by atoms with van der Waals surface area (Å²) in [6, 6.07) is 7.73.